The van der Waals surface area contributed by atoms with E-state index in [0.29, 0.717) is 5.69 Å². The quantitative estimate of drug-likeness (QED) is 0.346. The molecule has 1 heterocycles. The minimum Gasteiger partial charge on any atom is -0.460 e. The first-order chi connectivity index (χ1) is 14.8. The molecule has 0 bridgehead atoms. The molecule has 0 saturated carbocycles. The Kier molecular flexibility index (Phi) is 6.44. The molecule has 0 aliphatic carbocycles. The Morgan fingerprint density at radius 2 is 1.48 bits per heavy atom. The Bertz CT molecular complexity index is 1150. The van der Waals surface area contributed by atoms with Crippen LogP contribution >= 0.6 is 26.8 Å². The number of hydrogen-bond acceptors (Lipinski definition) is 4. The van der Waals surface area contributed by atoms with Crippen LogP contribution in [0.15, 0.2) is 36.4 Å². The molecule has 182 valence electrons. The molecule has 0 saturated heterocycles. The molecule has 0 aromatic heterocycles. The lowest BCUT2D eigenvalue weighted by Crippen LogP contribution is -2.48. The molecule has 0 spiro atoms. The predicted molar refractivity (Wildman–Crippen MR) is 129 cm³/mol. The molecule has 1 aliphatic rings. The van der Waals surface area contributed by atoms with E-state index < -0.39 is 31.7 Å². The first kappa shape index (κ1) is 26.2. The summed E-state index contributed by atoms with van der Waals surface area (Å²) >= 11 is 6.39. The molecule has 5 N–H and O–H groups in total. The molecule has 2 aromatic rings. The third-order valence-corrected chi connectivity index (χ3v) is 9.76. The Balaban J connectivity index is 2.41. The van der Waals surface area contributed by atoms with Gasteiger partial charge in [-0.25, -0.2) is 0 Å². The molecular formula is C22H30ClNO7P2. The van der Waals surface area contributed by atoms with Crippen molar-refractivity contribution < 1.29 is 33.4 Å². The van der Waals surface area contributed by atoms with Gasteiger partial charge in [-0.2, -0.15) is 0 Å². The summed E-state index contributed by atoms with van der Waals surface area (Å²) in [5.74, 6) is 0.266. The molecule has 1 atom stereocenters. The van der Waals surface area contributed by atoms with Crippen LogP contribution in [-0.4, -0.2) is 25.0 Å². The van der Waals surface area contributed by atoms with Crippen LogP contribution in [0.1, 0.15) is 58.2 Å². The van der Waals surface area contributed by atoms with Crippen LogP contribution in [0.2, 0.25) is 5.02 Å². The second-order valence-corrected chi connectivity index (χ2v) is 14.6. The molecule has 1 aliphatic heterocycles. The highest BCUT2D eigenvalue weighted by molar-refractivity contribution is 7.71. The summed E-state index contributed by atoms with van der Waals surface area (Å²) in [5.41, 5.74) is -1.02. The second kappa shape index (κ2) is 8.10. The molecule has 2 aromatic carbocycles. The Hall–Kier alpha value is -1.37. The normalized spacial score (nSPS) is 19.3. The van der Waals surface area contributed by atoms with Gasteiger partial charge in [0.1, 0.15) is 5.75 Å². The molecule has 0 radical (unpaired) electrons. The van der Waals surface area contributed by atoms with Crippen LogP contribution in [0.3, 0.4) is 0 Å². The molecule has 0 fully saturated rings. The topological polar surface area (TPSA) is 136 Å². The average molecular weight is 518 g/mol. The minimum atomic E-state index is -5.44. The highest BCUT2D eigenvalue weighted by Crippen LogP contribution is 2.69. The number of halogens is 1. The van der Waals surface area contributed by atoms with Crippen molar-refractivity contribution in [2.24, 2.45) is 0 Å². The van der Waals surface area contributed by atoms with Gasteiger partial charge in [-0.15, -0.1) is 0 Å². The van der Waals surface area contributed by atoms with Crippen LogP contribution in [0.5, 0.6) is 5.75 Å². The van der Waals surface area contributed by atoms with E-state index in [1.807, 2.05) is 47.6 Å². The van der Waals surface area contributed by atoms with E-state index in [2.05, 4.69) is 5.32 Å². The van der Waals surface area contributed by atoms with E-state index in [9.17, 15) is 28.7 Å². The highest BCUT2D eigenvalue weighted by atomic mass is 35.5. The number of hydrogen-bond donors (Lipinski definition) is 5. The van der Waals surface area contributed by atoms with Gasteiger partial charge in [-0.1, -0.05) is 77.4 Å². The third kappa shape index (κ3) is 4.89. The minimum absolute atomic E-state index is 0.0108. The van der Waals surface area contributed by atoms with E-state index >= 15 is 0 Å². The Labute approximate surface area is 198 Å². The van der Waals surface area contributed by atoms with Gasteiger partial charge in [-0.3, -0.25) is 9.13 Å². The lowest BCUT2D eigenvalue weighted by molar-refractivity contribution is 0.112. The summed E-state index contributed by atoms with van der Waals surface area (Å²) in [6.07, 6.45) is 0. The zero-order valence-corrected chi connectivity index (χ0v) is 21.9. The standard InChI is InChI=1S/C22H30ClNO7P2/c1-20(2,3)13-11-15(21(4,5)6)18-17(12-13)24-22(31-18,14-9-7-8-10-16(14)23)19(32(25,26)27)33(28,29)30/h7-12,19,24H,1-6H3,(H2,25,26,27)(H2,28,29,30). The summed E-state index contributed by atoms with van der Waals surface area (Å²) in [4.78, 5) is 40.6. The number of anilines is 1. The summed E-state index contributed by atoms with van der Waals surface area (Å²) in [7, 11) is -10.9. The van der Waals surface area contributed by atoms with Crippen LogP contribution < -0.4 is 10.1 Å². The molecule has 8 nitrogen and oxygen atoms in total. The monoisotopic (exact) mass is 517 g/mol. The molecule has 3 rings (SSSR count). The van der Waals surface area contributed by atoms with Gasteiger partial charge in [0.05, 0.1) is 5.69 Å². The number of ether oxygens (including phenoxy) is 1. The van der Waals surface area contributed by atoms with Crippen LogP contribution in [0.25, 0.3) is 0 Å². The van der Waals surface area contributed by atoms with Gasteiger partial charge in [0, 0.05) is 16.1 Å². The van der Waals surface area contributed by atoms with Crippen molar-refractivity contribution in [3.8, 4) is 5.75 Å². The predicted octanol–water partition coefficient (Wildman–Crippen LogP) is 5.27. The van der Waals surface area contributed by atoms with E-state index in [1.165, 1.54) is 12.1 Å². The number of nitrogens with one attached hydrogen (secondary N) is 1. The van der Waals surface area contributed by atoms with Crippen LogP contribution in [0, 0.1) is 0 Å². The smallest absolute Gasteiger partial charge is 0.347 e. The molecule has 11 heteroatoms. The van der Waals surface area contributed by atoms with Crippen molar-refractivity contribution in [3.05, 3.63) is 58.1 Å². The number of fused-ring (bicyclic) bond motifs is 1. The maximum Gasteiger partial charge on any atom is 0.347 e. The van der Waals surface area contributed by atoms with Crippen molar-refractivity contribution >= 4 is 32.5 Å². The van der Waals surface area contributed by atoms with E-state index in [-0.39, 0.29) is 21.8 Å². The zero-order valence-electron chi connectivity index (χ0n) is 19.3. The van der Waals surface area contributed by atoms with Crippen molar-refractivity contribution in [1.82, 2.24) is 0 Å². The van der Waals surface area contributed by atoms with E-state index in [1.54, 1.807) is 18.2 Å². The number of benzene rings is 2. The van der Waals surface area contributed by atoms with E-state index in [4.69, 9.17) is 16.3 Å². The summed E-state index contributed by atoms with van der Waals surface area (Å²) < 4.78 is 31.3. The fourth-order valence-electron chi connectivity index (χ4n) is 4.02. The van der Waals surface area contributed by atoms with Gasteiger partial charge < -0.3 is 29.6 Å². The fraction of sp³-hybridized carbons (Fsp3) is 0.455. The van der Waals surface area contributed by atoms with Crippen molar-refractivity contribution in [3.63, 3.8) is 0 Å². The summed E-state index contributed by atoms with van der Waals surface area (Å²) in [6, 6.07) is 9.78. The highest BCUT2D eigenvalue weighted by Gasteiger charge is 2.64. The average Bonchev–Trinajstić information content (AvgIpc) is 2.95. The van der Waals surface area contributed by atoms with Crippen molar-refractivity contribution in [1.29, 1.82) is 0 Å². The van der Waals surface area contributed by atoms with Gasteiger partial charge in [-0.05, 0) is 28.5 Å². The van der Waals surface area contributed by atoms with E-state index in [0.717, 1.165) is 11.1 Å². The summed E-state index contributed by atoms with van der Waals surface area (Å²) in [5, 5.41) is 0.446. The van der Waals surface area contributed by atoms with Crippen molar-refractivity contribution in [2.45, 2.75) is 63.5 Å². The third-order valence-electron chi connectivity index (χ3n) is 5.62. The Morgan fingerprint density at radius 3 is 1.94 bits per heavy atom. The first-order valence-corrected chi connectivity index (χ1v) is 14.0. The second-order valence-electron chi connectivity index (χ2n) is 10.4. The lowest BCUT2D eigenvalue weighted by atomic mass is 9.80. The maximum atomic E-state index is 12.6. The van der Waals surface area contributed by atoms with Gasteiger partial charge in [0.25, 0.3) is 0 Å². The van der Waals surface area contributed by atoms with Gasteiger partial charge in [0.15, 0.2) is 0 Å². The summed E-state index contributed by atoms with van der Waals surface area (Å²) in [6.45, 7) is 11.9. The molecule has 33 heavy (non-hydrogen) atoms. The maximum absolute atomic E-state index is 12.6. The first-order valence-electron chi connectivity index (χ1n) is 10.3. The van der Waals surface area contributed by atoms with Gasteiger partial charge in [0.2, 0.25) is 11.1 Å². The lowest BCUT2D eigenvalue weighted by Gasteiger charge is -2.38. The molecule has 0 amide bonds. The van der Waals surface area contributed by atoms with Gasteiger partial charge >= 0.3 is 15.2 Å². The fourth-order valence-corrected chi connectivity index (χ4v) is 7.32. The zero-order chi connectivity index (χ0) is 25.2. The largest absolute Gasteiger partial charge is 0.460 e. The van der Waals surface area contributed by atoms with Crippen molar-refractivity contribution in [2.75, 3.05) is 5.32 Å². The Morgan fingerprint density at radius 1 is 0.939 bits per heavy atom. The SMILES string of the molecule is CC(C)(C)c1cc2c(c(C(C)(C)C)c1)OC(c1ccccc1Cl)(C(P(=O)(O)O)P(=O)(O)O)N2. The molecule has 1 unspecified atom stereocenters. The molecular weight excluding hydrogens is 488 g/mol. The number of rotatable bonds is 4. The van der Waals surface area contributed by atoms with Crippen LogP contribution in [0.4, 0.5) is 5.69 Å². The van der Waals surface area contributed by atoms with Crippen LogP contribution in [-0.2, 0) is 25.7 Å².